The van der Waals surface area contributed by atoms with E-state index in [1.165, 1.54) is 0 Å². The lowest BCUT2D eigenvalue weighted by Crippen LogP contribution is -2.21. The van der Waals surface area contributed by atoms with Crippen molar-refractivity contribution in [3.8, 4) is 11.1 Å². The van der Waals surface area contributed by atoms with Gasteiger partial charge in [0.15, 0.2) is 0 Å². The molecule has 0 radical (unpaired) electrons. The molecule has 10 nitrogen and oxygen atoms in total. The number of aromatic nitrogens is 2. The van der Waals surface area contributed by atoms with E-state index in [-0.39, 0.29) is 19.3 Å². The minimum atomic E-state index is -1.86. The Morgan fingerprint density at radius 3 is 2.69 bits per heavy atom. The molecule has 1 aromatic heterocycles. The van der Waals surface area contributed by atoms with Crippen molar-refractivity contribution in [3.63, 3.8) is 0 Å². The van der Waals surface area contributed by atoms with Crippen molar-refractivity contribution in [2.24, 2.45) is 4.36 Å². The van der Waals surface area contributed by atoms with Gasteiger partial charge in [-0.15, -0.1) is 10.6 Å². The standard InChI is InChI=1S/C24H28N5O5S/c1-4-34-24(31)29-35(32)20-10-8-19(9-11-20)27-23-25-13-21(22(28-23)26-16(2)14-30)18-7-5-6-17(12-18)15-33-3/h5-13,16,30H,4,14-15H2,1-3H3,(H2,25,26,27,28)/q-1/t16-/m1/s1. The fourth-order valence-corrected chi connectivity index (χ4v) is 3.75. The number of aliphatic hydroxyl groups excluding tert-OH is 1. The lowest BCUT2D eigenvalue weighted by Gasteiger charge is -2.17. The zero-order valence-corrected chi connectivity index (χ0v) is 20.5. The molecule has 3 aromatic rings. The van der Waals surface area contributed by atoms with Crippen LogP contribution in [0.2, 0.25) is 0 Å². The number of amides is 1. The monoisotopic (exact) mass is 498 g/mol. The largest absolute Gasteiger partial charge is 0.450 e. The summed E-state index contributed by atoms with van der Waals surface area (Å²) in [7, 11) is -0.216. The maximum atomic E-state index is 12.2. The smallest absolute Gasteiger partial charge is 0.410 e. The second kappa shape index (κ2) is 12.8. The first-order valence-electron chi connectivity index (χ1n) is 10.9. The molecule has 1 heterocycles. The normalized spacial score (nSPS) is 12.7. The molecule has 35 heavy (non-hydrogen) atoms. The first kappa shape index (κ1) is 26.1. The minimum absolute atomic E-state index is 0.0641. The number of carbonyl (C=O) groups is 1. The molecule has 0 unspecified atom stereocenters. The van der Waals surface area contributed by atoms with Gasteiger partial charge >= 0.3 is 6.09 Å². The number of hydrogen-bond acceptors (Lipinski definition) is 10. The Morgan fingerprint density at radius 2 is 2.00 bits per heavy atom. The SMILES string of the molecule is CCOC(=O)N=[S-](=O)c1ccc(Nc2ncc(-c3cccc(COC)c3)c(N[C@H](C)CO)n2)cc1. The van der Waals surface area contributed by atoms with Gasteiger partial charge in [0.05, 0.1) is 19.8 Å². The van der Waals surface area contributed by atoms with Gasteiger partial charge in [-0.1, -0.05) is 35.2 Å². The molecule has 0 aliphatic heterocycles. The zero-order chi connectivity index (χ0) is 25.2. The lowest BCUT2D eigenvalue weighted by molar-refractivity contribution is 0.164. The van der Waals surface area contributed by atoms with E-state index in [0.717, 1.165) is 16.7 Å². The van der Waals surface area contributed by atoms with Gasteiger partial charge in [-0.3, -0.25) is 4.36 Å². The van der Waals surface area contributed by atoms with Crippen LogP contribution in [0.1, 0.15) is 19.4 Å². The Morgan fingerprint density at radius 1 is 1.23 bits per heavy atom. The van der Waals surface area contributed by atoms with Gasteiger partial charge in [0, 0.05) is 30.6 Å². The quantitative estimate of drug-likeness (QED) is 0.346. The van der Waals surface area contributed by atoms with E-state index in [2.05, 4.69) is 29.7 Å². The highest BCUT2D eigenvalue weighted by Gasteiger charge is 2.13. The maximum absolute atomic E-state index is 12.2. The molecule has 186 valence electrons. The molecular formula is C24H28N5O5S-. The van der Waals surface area contributed by atoms with Crippen molar-refractivity contribution in [2.45, 2.75) is 31.4 Å². The van der Waals surface area contributed by atoms with Crippen LogP contribution in [0.5, 0.6) is 0 Å². The Bertz CT molecular complexity index is 1230. The van der Waals surface area contributed by atoms with Crippen LogP contribution in [0.25, 0.3) is 11.1 Å². The van der Waals surface area contributed by atoms with E-state index < -0.39 is 16.7 Å². The predicted molar refractivity (Wildman–Crippen MR) is 134 cm³/mol. The molecule has 11 heteroatoms. The fraction of sp³-hybridized carbons (Fsp3) is 0.292. The number of methoxy groups -OCH3 is 1. The van der Waals surface area contributed by atoms with Crippen LogP contribution in [0, 0.1) is 0 Å². The van der Waals surface area contributed by atoms with E-state index in [9.17, 15) is 14.1 Å². The number of carbonyl (C=O) groups excluding carboxylic acids is 1. The van der Waals surface area contributed by atoms with E-state index in [1.54, 1.807) is 44.5 Å². The number of rotatable bonds is 10. The average Bonchev–Trinajstić information content (AvgIpc) is 2.85. The molecule has 3 rings (SSSR count). The Balaban J connectivity index is 1.85. The third-order valence-corrected chi connectivity index (χ3v) is 5.72. The Kier molecular flexibility index (Phi) is 9.53. The summed E-state index contributed by atoms with van der Waals surface area (Å²) in [6, 6.07) is 14.2. The Labute approximate surface area is 205 Å². The van der Waals surface area contributed by atoms with E-state index in [0.29, 0.717) is 29.0 Å². The molecular weight excluding hydrogens is 470 g/mol. The third kappa shape index (κ3) is 7.47. The lowest BCUT2D eigenvalue weighted by atomic mass is 10.0. The second-order valence-electron chi connectivity index (χ2n) is 7.51. The molecule has 3 N–H and O–H groups in total. The van der Waals surface area contributed by atoms with Crippen molar-refractivity contribution < 1.29 is 23.6 Å². The molecule has 2 aromatic carbocycles. The number of ether oxygens (including phenoxy) is 2. The first-order chi connectivity index (χ1) is 16.9. The van der Waals surface area contributed by atoms with E-state index in [4.69, 9.17) is 4.74 Å². The van der Waals surface area contributed by atoms with Crippen molar-refractivity contribution >= 4 is 34.1 Å². The van der Waals surface area contributed by atoms with Crippen LogP contribution in [0.15, 0.2) is 64.0 Å². The maximum Gasteiger partial charge on any atom is 0.410 e. The van der Waals surface area contributed by atoms with Crippen LogP contribution in [-0.4, -0.2) is 47.5 Å². The van der Waals surface area contributed by atoms with Gasteiger partial charge in [-0.2, -0.15) is 4.98 Å². The van der Waals surface area contributed by atoms with E-state index in [1.807, 2.05) is 31.2 Å². The summed E-state index contributed by atoms with van der Waals surface area (Å²) < 4.78 is 25.6. The van der Waals surface area contributed by atoms with Crippen LogP contribution < -0.4 is 10.6 Å². The van der Waals surface area contributed by atoms with Crippen molar-refractivity contribution in [1.29, 1.82) is 0 Å². The summed E-state index contributed by atoms with van der Waals surface area (Å²) in [5.74, 6) is 0.893. The molecule has 1 amide bonds. The first-order valence-corrected chi connectivity index (χ1v) is 12.0. The predicted octanol–water partition coefficient (Wildman–Crippen LogP) is 4.49. The van der Waals surface area contributed by atoms with E-state index >= 15 is 0 Å². The van der Waals surface area contributed by atoms with Gasteiger partial charge < -0.3 is 29.4 Å². The molecule has 0 spiro atoms. The number of anilines is 3. The van der Waals surface area contributed by atoms with Crippen molar-refractivity contribution in [3.05, 3.63) is 60.3 Å². The molecule has 0 bridgehead atoms. The average molecular weight is 499 g/mol. The summed E-state index contributed by atoms with van der Waals surface area (Å²) in [5, 5.41) is 15.9. The molecule has 0 saturated heterocycles. The van der Waals surface area contributed by atoms with Crippen LogP contribution in [0.4, 0.5) is 22.2 Å². The molecule has 1 atom stereocenters. The number of nitrogens with one attached hydrogen (secondary N) is 2. The van der Waals surface area contributed by atoms with Gasteiger partial charge in [0.25, 0.3) is 0 Å². The molecule has 0 aliphatic rings. The minimum Gasteiger partial charge on any atom is -0.450 e. The van der Waals surface area contributed by atoms with Crippen LogP contribution >= 0.6 is 0 Å². The Hall–Kier alpha value is -3.54. The van der Waals surface area contributed by atoms with Gasteiger partial charge in [-0.25, -0.2) is 9.78 Å². The summed E-state index contributed by atoms with van der Waals surface area (Å²) >= 11 is 0. The highest BCUT2D eigenvalue weighted by molar-refractivity contribution is 7.75. The molecule has 0 aliphatic carbocycles. The number of aliphatic hydroxyl groups is 1. The fourth-order valence-electron chi connectivity index (χ4n) is 3.09. The van der Waals surface area contributed by atoms with Gasteiger partial charge in [0.2, 0.25) is 5.95 Å². The summed E-state index contributed by atoms with van der Waals surface area (Å²) in [6.45, 7) is 4.08. The van der Waals surface area contributed by atoms with Gasteiger partial charge in [-0.05, 0) is 43.2 Å². The topological polar surface area (TPSA) is 135 Å². The van der Waals surface area contributed by atoms with Crippen LogP contribution in [0.3, 0.4) is 0 Å². The third-order valence-electron chi connectivity index (χ3n) is 4.73. The number of hydrogen-bond donors (Lipinski definition) is 3. The second-order valence-corrected chi connectivity index (χ2v) is 8.66. The van der Waals surface area contributed by atoms with Crippen molar-refractivity contribution in [2.75, 3.05) is 31.0 Å². The summed E-state index contributed by atoms with van der Waals surface area (Å²) in [6.07, 6.45) is 0.835. The summed E-state index contributed by atoms with van der Waals surface area (Å²) in [5.41, 5.74) is 3.36. The number of benzene rings is 2. The summed E-state index contributed by atoms with van der Waals surface area (Å²) in [4.78, 5) is 20.8. The highest BCUT2D eigenvalue weighted by atomic mass is 32.2. The number of nitrogens with zero attached hydrogens (tertiary/aromatic N) is 3. The van der Waals surface area contributed by atoms with Gasteiger partial charge in [0.1, 0.15) is 5.82 Å². The molecule has 0 fully saturated rings. The van der Waals surface area contributed by atoms with Crippen molar-refractivity contribution in [1.82, 2.24) is 9.97 Å². The molecule has 0 saturated carbocycles. The van der Waals surface area contributed by atoms with Crippen LogP contribution in [-0.2, 0) is 30.9 Å². The highest BCUT2D eigenvalue weighted by Crippen LogP contribution is 2.29. The zero-order valence-electron chi connectivity index (χ0n) is 19.7.